The molecule has 4 nitrogen and oxygen atoms in total. The van der Waals surface area contributed by atoms with Crippen molar-refractivity contribution in [3.8, 4) is 23.1 Å². The van der Waals surface area contributed by atoms with Crippen LogP contribution < -0.4 is 5.56 Å². The Hall–Kier alpha value is -2.25. The molecule has 5 heteroatoms. The molecule has 0 atom stereocenters. The SMILES string of the molecule is Cc1cc(-c2cc(Cl)ccc2O)n(C)c(=O)c1C#N. The summed E-state index contributed by atoms with van der Waals surface area (Å²) in [7, 11) is 1.55. The van der Waals surface area contributed by atoms with Gasteiger partial charge >= 0.3 is 0 Å². The molecule has 2 rings (SSSR count). The zero-order valence-electron chi connectivity index (χ0n) is 10.4. The minimum absolute atomic E-state index is 0.0310. The summed E-state index contributed by atoms with van der Waals surface area (Å²) in [6.07, 6.45) is 0. The van der Waals surface area contributed by atoms with Gasteiger partial charge in [-0.15, -0.1) is 0 Å². The number of hydrogen-bond acceptors (Lipinski definition) is 3. The second-order valence-corrected chi connectivity index (χ2v) is 4.66. The van der Waals surface area contributed by atoms with E-state index in [1.54, 1.807) is 32.2 Å². The van der Waals surface area contributed by atoms with Crippen molar-refractivity contribution in [3.63, 3.8) is 0 Å². The Balaban J connectivity index is 2.82. The zero-order valence-corrected chi connectivity index (χ0v) is 11.2. The summed E-state index contributed by atoms with van der Waals surface area (Å²) < 4.78 is 1.33. The van der Waals surface area contributed by atoms with E-state index in [2.05, 4.69) is 0 Å². The Bertz CT molecular complexity index is 757. The fraction of sp³-hybridized carbons (Fsp3) is 0.143. The monoisotopic (exact) mass is 274 g/mol. The van der Waals surface area contributed by atoms with Crippen LogP contribution in [0.25, 0.3) is 11.3 Å². The number of rotatable bonds is 1. The van der Waals surface area contributed by atoms with E-state index in [4.69, 9.17) is 16.9 Å². The highest BCUT2D eigenvalue weighted by Crippen LogP contribution is 2.31. The molecular formula is C14H11ClN2O2. The van der Waals surface area contributed by atoms with Crippen LogP contribution >= 0.6 is 11.6 Å². The molecule has 0 saturated carbocycles. The van der Waals surface area contributed by atoms with Crippen LogP contribution in [0, 0.1) is 18.3 Å². The van der Waals surface area contributed by atoms with Crippen molar-refractivity contribution in [3.05, 3.63) is 50.8 Å². The number of halogens is 1. The van der Waals surface area contributed by atoms with Gasteiger partial charge in [0.1, 0.15) is 17.4 Å². The topological polar surface area (TPSA) is 66.0 Å². The van der Waals surface area contributed by atoms with E-state index < -0.39 is 5.56 Å². The lowest BCUT2D eigenvalue weighted by molar-refractivity contribution is 0.476. The molecule has 0 aliphatic carbocycles. The van der Waals surface area contributed by atoms with Crippen LogP contribution in [0.15, 0.2) is 29.1 Å². The molecule has 1 heterocycles. The fourth-order valence-electron chi connectivity index (χ4n) is 1.93. The maximum atomic E-state index is 12.0. The molecule has 0 spiro atoms. The number of nitriles is 1. The van der Waals surface area contributed by atoms with Gasteiger partial charge in [-0.25, -0.2) is 0 Å². The van der Waals surface area contributed by atoms with Gasteiger partial charge in [-0.1, -0.05) is 11.6 Å². The first-order valence-corrected chi connectivity index (χ1v) is 5.93. The number of benzene rings is 1. The third-order valence-corrected chi connectivity index (χ3v) is 3.21. The first-order chi connectivity index (χ1) is 8.95. The summed E-state index contributed by atoms with van der Waals surface area (Å²) in [5.41, 5.74) is 1.26. The first kappa shape index (κ1) is 13.2. The van der Waals surface area contributed by atoms with Gasteiger partial charge in [0.15, 0.2) is 0 Å². The molecule has 19 heavy (non-hydrogen) atoms. The molecule has 0 bridgehead atoms. The van der Waals surface area contributed by atoms with Crippen LogP contribution in [0.2, 0.25) is 5.02 Å². The predicted octanol–water partition coefficient (Wildman–Crippen LogP) is 2.59. The molecule has 0 unspecified atom stereocenters. The van der Waals surface area contributed by atoms with Crippen LogP contribution in [0.3, 0.4) is 0 Å². The van der Waals surface area contributed by atoms with Gasteiger partial charge < -0.3 is 9.67 Å². The Kier molecular flexibility index (Phi) is 3.32. The predicted molar refractivity (Wildman–Crippen MR) is 73.2 cm³/mol. The minimum Gasteiger partial charge on any atom is -0.507 e. The van der Waals surface area contributed by atoms with Crippen molar-refractivity contribution in [2.24, 2.45) is 7.05 Å². The van der Waals surface area contributed by atoms with E-state index in [1.807, 2.05) is 6.07 Å². The summed E-state index contributed by atoms with van der Waals surface area (Å²) in [5, 5.41) is 19.3. The third-order valence-electron chi connectivity index (χ3n) is 2.97. The standard InChI is InChI=1S/C14H11ClN2O2/c1-8-5-12(17(2)14(19)11(8)7-16)10-6-9(15)3-4-13(10)18/h3-6,18H,1-2H3. The minimum atomic E-state index is -0.392. The number of pyridine rings is 1. The second kappa shape index (κ2) is 4.79. The van der Waals surface area contributed by atoms with Crippen LogP contribution in [-0.2, 0) is 7.05 Å². The average Bonchev–Trinajstić information content (AvgIpc) is 2.37. The van der Waals surface area contributed by atoms with Gasteiger partial charge in [-0.3, -0.25) is 4.79 Å². The summed E-state index contributed by atoms with van der Waals surface area (Å²) in [6.45, 7) is 1.69. The zero-order chi connectivity index (χ0) is 14.2. The van der Waals surface area contributed by atoms with Gasteiger partial charge in [0.25, 0.3) is 5.56 Å². The highest BCUT2D eigenvalue weighted by molar-refractivity contribution is 6.30. The fourth-order valence-corrected chi connectivity index (χ4v) is 2.10. The molecule has 0 amide bonds. The van der Waals surface area contributed by atoms with E-state index >= 15 is 0 Å². The lowest BCUT2D eigenvalue weighted by atomic mass is 10.1. The van der Waals surface area contributed by atoms with Crippen LogP contribution in [0.1, 0.15) is 11.1 Å². The number of aryl methyl sites for hydroxylation is 1. The molecular weight excluding hydrogens is 264 g/mol. The van der Waals surface area contributed by atoms with Crippen LogP contribution in [-0.4, -0.2) is 9.67 Å². The Morgan fingerprint density at radius 1 is 1.37 bits per heavy atom. The van der Waals surface area contributed by atoms with E-state index in [1.165, 1.54) is 10.6 Å². The number of phenolic OH excluding ortho intramolecular Hbond substituents is 1. The van der Waals surface area contributed by atoms with Crippen LogP contribution in [0.5, 0.6) is 5.75 Å². The van der Waals surface area contributed by atoms with Crippen molar-refractivity contribution in [1.82, 2.24) is 4.57 Å². The second-order valence-electron chi connectivity index (χ2n) is 4.23. The maximum absolute atomic E-state index is 12.0. The highest BCUT2D eigenvalue weighted by atomic mass is 35.5. The Morgan fingerprint density at radius 3 is 2.68 bits per heavy atom. The quantitative estimate of drug-likeness (QED) is 0.869. The van der Waals surface area contributed by atoms with E-state index in [0.717, 1.165) is 0 Å². The molecule has 0 fully saturated rings. The lowest BCUT2D eigenvalue weighted by Gasteiger charge is -2.12. The molecule has 0 aliphatic heterocycles. The van der Waals surface area contributed by atoms with Crippen molar-refractivity contribution in [2.45, 2.75) is 6.92 Å². The first-order valence-electron chi connectivity index (χ1n) is 5.55. The average molecular weight is 275 g/mol. The Labute approximate surface area is 115 Å². The largest absolute Gasteiger partial charge is 0.507 e. The van der Waals surface area contributed by atoms with Gasteiger partial charge in [0.2, 0.25) is 0 Å². The number of aromatic nitrogens is 1. The number of hydrogen-bond donors (Lipinski definition) is 1. The van der Waals surface area contributed by atoms with E-state index in [9.17, 15) is 9.90 Å². The molecule has 2 aromatic rings. The normalized spacial score (nSPS) is 10.2. The third kappa shape index (κ3) is 2.20. The highest BCUT2D eigenvalue weighted by Gasteiger charge is 2.14. The van der Waals surface area contributed by atoms with E-state index in [-0.39, 0.29) is 11.3 Å². The lowest BCUT2D eigenvalue weighted by Crippen LogP contribution is -2.22. The molecule has 1 aromatic carbocycles. The smallest absolute Gasteiger partial charge is 0.268 e. The maximum Gasteiger partial charge on any atom is 0.268 e. The van der Waals surface area contributed by atoms with Crippen molar-refractivity contribution in [2.75, 3.05) is 0 Å². The molecule has 0 saturated heterocycles. The van der Waals surface area contributed by atoms with Gasteiger partial charge in [0, 0.05) is 17.6 Å². The van der Waals surface area contributed by atoms with Crippen molar-refractivity contribution in [1.29, 1.82) is 5.26 Å². The van der Waals surface area contributed by atoms with Gasteiger partial charge in [0.05, 0.1) is 5.69 Å². The summed E-state index contributed by atoms with van der Waals surface area (Å²) in [5.74, 6) is 0.0310. The van der Waals surface area contributed by atoms with Gasteiger partial charge in [-0.05, 0) is 36.8 Å². The molecule has 0 aliphatic rings. The van der Waals surface area contributed by atoms with Crippen molar-refractivity contribution >= 4 is 11.6 Å². The van der Waals surface area contributed by atoms with Crippen molar-refractivity contribution < 1.29 is 5.11 Å². The molecule has 96 valence electrons. The Morgan fingerprint density at radius 2 is 2.05 bits per heavy atom. The summed E-state index contributed by atoms with van der Waals surface area (Å²) in [6, 6.07) is 8.19. The van der Waals surface area contributed by atoms with Gasteiger partial charge in [-0.2, -0.15) is 5.26 Å². The molecule has 0 radical (unpaired) electrons. The molecule has 1 N–H and O–H groups in total. The summed E-state index contributed by atoms with van der Waals surface area (Å²) in [4.78, 5) is 12.0. The molecule has 1 aromatic heterocycles. The number of phenols is 1. The number of aromatic hydroxyl groups is 1. The summed E-state index contributed by atoms with van der Waals surface area (Å²) >= 11 is 5.91. The van der Waals surface area contributed by atoms with Crippen LogP contribution in [0.4, 0.5) is 0 Å². The number of nitrogens with zero attached hydrogens (tertiary/aromatic N) is 2. The van der Waals surface area contributed by atoms with E-state index in [0.29, 0.717) is 21.8 Å².